The lowest BCUT2D eigenvalue weighted by atomic mass is 9.67. The van der Waals surface area contributed by atoms with Gasteiger partial charge in [0.25, 0.3) is 0 Å². The van der Waals surface area contributed by atoms with Crippen molar-refractivity contribution in [3.05, 3.63) is 325 Å². The zero-order valence-corrected chi connectivity index (χ0v) is 45.6. The first-order valence-electron chi connectivity index (χ1n) is 28.7. The van der Waals surface area contributed by atoms with Gasteiger partial charge < -0.3 is 9.47 Å². The molecule has 1 heterocycles. The van der Waals surface area contributed by atoms with Crippen molar-refractivity contribution in [2.24, 2.45) is 0 Å². The average molecular weight is 1040 g/mol. The fraction of sp³-hybridized carbons (Fsp3) is 0.0500. The quantitative estimate of drug-likeness (QED) is 0.144. The van der Waals surface area contributed by atoms with Crippen LogP contribution in [0.5, 0.6) is 0 Å². The normalized spacial score (nSPS) is 13.7. The maximum absolute atomic E-state index is 2.60. The summed E-state index contributed by atoms with van der Waals surface area (Å²) in [5.74, 6) is 0. The van der Waals surface area contributed by atoms with Crippen LogP contribution in [0.3, 0.4) is 0 Å². The molecule has 0 aliphatic heterocycles. The van der Waals surface area contributed by atoms with E-state index in [-0.39, 0.29) is 5.41 Å². The lowest BCUT2D eigenvalue weighted by Gasteiger charge is -2.35. The van der Waals surface area contributed by atoms with Gasteiger partial charge >= 0.3 is 0 Å². The molecule has 0 unspecified atom stereocenters. The van der Waals surface area contributed by atoms with Gasteiger partial charge in [0.05, 0.1) is 22.1 Å². The van der Waals surface area contributed by atoms with Crippen molar-refractivity contribution < 1.29 is 0 Å². The molecule has 0 N–H and O–H groups in total. The summed E-state index contributed by atoms with van der Waals surface area (Å²) in [5.41, 5.74) is 21.1. The van der Waals surface area contributed by atoms with Gasteiger partial charge in [-0.1, -0.05) is 244 Å². The summed E-state index contributed by atoms with van der Waals surface area (Å²) >= 11 is 0. The summed E-state index contributed by atoms with van der Waals surface area (Å²) in [5, 5.41) is 12.3. The predicted octanol–water partition coefficient (Wildman–Crippen LogP) is 21.2. The first-order valence-corrected chi connectivity index (χ1v) is 28.7. The van der Waals surface area contributed by atoms with Gasteiger partial charge in [0.2, 0.25) is 0 Å². The van der Waals surface area contributed by atoms with Gasteiger partial charge in [-0.3, -0.25) is 0 Å². The van der Waals surface area contributed by atoms with Crippen LogP contribution in [0.25, 0.3) is 104 Å². The Balaban J connectivity index is 1.00. The molecule has 2 aliphatic rings. The number of para-hydroxylation sites is 1. The summed E-state index contributed by atoms with van der Waals surface area (Å²) in [6.07, 6.45) is 0. The first-order chi connectivity index (χ1) is 40.4. The van der Waals surface area contributed by atoms with E-state index < -0.39 is 5.41 Å². The van der Waals surface area contributed by atoms with E-state index in [1.54, 1.807) is 0 Å². The summed E-state index contributed by atoms with van der Waals surface area (Å²) in [7, 11) is 0. The van der Waals surface area contributed by atoms with E-state index in [1.807, 2.05) is 0 Å². The average Bonchev–Trinajstić information content (AvgIpc) is 4.13. The largest absolute Gasteiger partial charge is 0.310 e. The molecule has 0 atom stereocenters. The second-order valence-electron chi connectivity index (χ2n) is 23.1. The molecule has 2 heteroatoms. The number of aromatic nitrogens is 1. The Kier molecular flexibility index (Phi) is 10.0. The van der Waals surface area contributed by atoms with Crippen LogP contribution in [0.4, 0.5) is 17.1 Å². The number of rotatable bonds is 7. The molecule has 0 spiro atoms. The Labute approximate surface area is 477 Å². The smallest absolute Gasteiger partial charge is 0.0714 e. The van der Waals surface area contributed by atoms with E-state index in [0.29, 0.717) is 0 Å². The molecule has 15 aromatic rings. The molecule has 1 aromatic heterocycles. The SMILES string of the molecule is CC1(C)c2ccccc2-c2cc(N(c3ccc4c(c3)C(c3ccccc3)(c3ccccc3)c3ccccc3-4)c3cc4c5ccccc5c5ccccc5c4cc3-c3ccc4c5ccccc5n(-c5ccc6ccccc6c5)c4c3)ccc21. The highest BCUT2D eigenvalue weighted by molar-refractivity contribution is 6.27. The number of anilines is 3. The molecule has 0 fully saturated rings. The van der Waals surface area contributed by atoms with E-state index in [0.717, 1.165) is 39.4 Å². The molecule has 0 saturated heterocycles. The summed E-state index contributed by atoms with van der Waals surface area (Å²) in [4.78, 5) is 2.60. The Morgan fingerprint density at radius 2 is 0.817 bits per heavy atom. The third-order valence-electron chi connectivity index (χ3n) is 18.6. The molecule has 0 saturated carbocycles. The Morgan fingerprint density at radius 1 is 0.293 bits per heavy atom. The van der Waals surface area contributed by atoms with Gasteiger partial charge in [0.1, 0.15) is 0 Å². The number of hydrogen-bond donors (Lipinski definition) is 0. The fourth-order valence-corrected chi connectivity index (χ4v) is 14.9. The number of benzene rings is 14. The molecule has 2 aliphatic carbocycles. The number of nitrogens with zero attached hydrogens (tertiary/aromatic N) is 2. The van der Waals surface area contributed by atoms with Gasteiger partial charge in [-0.2, -0.15) is 0 Å². The molecule has 82 heavy (non-hydrogen) atoms. The first kappa shape index (κ1) is 46.6. The van der Waals surface area contributed by atoms with Crippen molar-refractivity contribution in [2.45, 2.75) is 24.7 Å². The minimum absolute atomic E-state index is 0.160. The minimum atomic E-state index is -0.598. The van der Waals surface area contributed by atoms with Crippen molar-refractivity contribution in [3.8, 4) is 39.1 Å². The molecule has 17 rings (SSSR count). The van der Waals surface area contributed by atoms with Crippen molar-refractivity contribution >= 4 is 82.0 Å². The molecule has 384 valence electrons. The zero-order valence-electron chi connectivity index (χ0n) is 45.6. The lowest BCUT2D eigenvalue weighted by Crippen LogP contribution is -2.28. The number of fused-ring (bicyclic) bond motifs is 16. The van der Waals surface area contributed by atoms with Crippen molar-refractivity contribution in [1.82, 2.24) is 4.57 Å². The highest BCUT2D eigenvalue weighted by atomic mass is 15.1. The molecule has 14 aromatic carbocycles. The molecule has 0 bridgehead atoms. The van der Waals surface area contributed by atoms with Crippen LogP contribution >= 0.6 is 0 Å². The molecular weight excluding hydrogens is 989 g/mol. The van der Waals surface area contributed by atoms with Crippen LogP contribution in [-0.2, 0) is 10.8 Å². The molecule has 2 nitrogen and oxygen atoms in total. The summed E-state index contributed by atoms with van der Waals surface area (Å²) < 4.78 is 2.48. The van der Waals surface area contributed by atoms with Crippen LogP contribution in [0, 0.1) is 0 Å². The number of hydrogen-bond acceptors (Lipinski definition) is 1. The van der Waals surface area contributed by atoms with Crippen LogP contribution in [0.2, 0.25) is 0 Å². The maximum atomic E-state index is 2.60. The van der Waals surface area contributed by atoms with Crippen molar-refractivity contribution in [3.63, 3.8) is 0 Å². The minimum Gasteiger partial charge on any atom is -0.310 e. The Hall–Kier alpha value is -10.3. The second kappa shape index (κ2) is 17.6. The highest BCUT2D eigenvalue weighted by Gasteiger charge is 2.46. The molecule has 0 radical (unpaired) electrons. The van der Waals surface area contributed by atoms with Crippen molar-refractivity contribution in [1.29, 1.82) is 0 Å². The predicted molar refractivity (Wildman–Crippen MR) is 346 cm³/mol. The third kappa shape index (κ3) is 6.58. The monoisotopic (exact) mass is 1040 g/mol. The van der Waals surface area contributed by atoms with Gasteiger partial charge in [0.15, 0.2) is 0 Å². The Morgan fingerprint density at radius 3 is 1.54 bits per heavy atom. The highest BCUT2D eigenvalue weighted by Crippen LogP contribution is 2.59. The summed E-state index contributed by atoms with van der Waals surface area (Å²) in [6, 6.07) is 110. The lowest BCUT2D eigenvalue weighted by molar-refractivity contribution is 0.660. The fourth-order valence-electron chi connectivity index (χ4n) is 14.9. The van der Waals surface area contributed by atoms with Crippen LogP contribution < -0.4 is 4.90 Å². The van der Waals surface area contributed by atoms with Gasteiger partial charge in [-0.25, -0.2) is 0 Å². The van der Waals surface area contributed by atoms with Crippen molar-refractivity contribution in [2.75, 3.05) is 4.90 Å². The van der Waals surface area contributed by atoms with Crippen LogP contribution in [0.1, 0.15) is 47.2 Å². The van der Waals surface area contributed by atoms with Gasteiger partial charge in [-0.15, -0.1) is 0 Å². The molecule has 0 amide bonds. The summed E-state index contributed by atoms with van der Waals surface area (Å²) in [6.45, 7) is 4.76. The Bertz CT molecular complexity index is 5100. The van der Waals surface area contributed by atoms with Crippen LogP contribution in [-0.4, -0.2) is 4.57 Å². The third-order valence-corrected chi connectivity index (χ3v) is 18.6. The second-order valence-corrected chi connectivity index (χ2v) is 23.1. The maximum Gasteiger partial charge on any atom is 0.0714 e. The zero-order chi connectivity index (χ0) is 54.3. The molecular formula is C80H54N2. The van der Waals surface area contributed by atoms with E-state index >= 15 is 0 Å². The van der Waals surface area contributed by atoms with E-state index in [1.165, 1.54) is 115 Å². The van der Waals surface area contributed by atoms with E-state index in [4.69, 9.17) is 0 Å². The van der Waals surface area contributed by atoms with Gasteiger partial charge in [-0.05, 0) is 165 Å². The van der Waals surface area contributed by atoms with Gasteiger partial charge in [0, 0.05) is 38.8 Å². The van der Waals surface area contributed by atoms with Crippen LogP contribution in [0.15, 0.2) is 291 Å². The van der Waals surface area contributed by atoms with E-state index in [9.17, 15) is 0 Å². The van der Waals surface area contributed by atoms with E-state index in [2.05, 4.69) is 315 Å². The standard InChI is InChI=1S/C80H54N2/c1-79(2)72-34-18-15-32-64(72)71-47-57(41-44-73(71)79)81(58-40-43-65-63-31-16-19-35-74(63)80(75(65)48-58,54-23-5-3-6-24-54)55-25-7-4-8-26-55)78-50-70-62-30-14-12-28-60(62)59-27-11-13-29-61(59)69(70)49-68(78)53-38-42-67-66-33-17-20-36-76(66)82(77(67)46-53)56-39-37-51-21-9-10-22-52(51)45-56/h3-50H,1-2H3. The topological polar surface area (TPSA) is 8.17 Å².